The van der Waals surface area contributed by atoms with E-state index in [9.17, 15) is 4.79 Å². The molecule has 1 aliphatic heterocycles. The number of rotatable bonds is 8. The highest BCUT2D eigenvalue weighted by atomic mass is 16.5. The fourth-order valence-electron chi connectivity index (χ4n) is 3.36. The van der Waals surface area contributed by atoms with E-state index >= 15 is 0 Å². The molecule has 0 saturated carbocycles. The van der Waals surface area contributed by atoms with Crippen LogP contribution in [0.5, 0.6) is 17.2 Å². The first-order valence-corrected chi connectivity index (χ1v) is 10.1. The molecule has 0 aliphatic carbocycles. The number of ether oxygens (including phenoxy) is 3. The number of carbonyl (C=O) groups is 1. The number of hydrogen-bond acceptors (Lipinski definition) is 4. The van der Waals surface area contributed by atoms with Crippen molar-refractivity contribution in [1.82, 2.24) is 4.90 Å². The monoisotopic (exact) mass is 395 g/mol. The SMILES string of the molecule is CCCCOc1ccc(/C=C/C(=O)N2CCc3ccc(OC)cc3C2)cc1OC. The van der Waals surface area contributed by atoms with Crippen molar-refractivity contribution in [3.8, 4) is 17.2 Å². The topological polar surface area (TPSA) is 48.0 Å². The highest BCUT2D eigenvalue weighted by Gasteiger charge is 2.19. The van der Waals surface area contributed by atoms with E-state index in [0.29, 0.717) is 18.9 Å². The normalized spacial score (nSPS) is 13.3. The zero-order valence-electron chi connectivity index (χ0n) is 17.4. The van der Waals surface area contributed by atoms with Gasteiger partial charge in [0, 0.05) is 19.2 Å². The second-order valence-corrected chi connectivity index (χ2v) is 7.09. The molecule has 0 unspecified atom stereocenters. The number of unbranched alkanes of at least 4 members (excludes halogenated alkanes) is 1. The molecule has 0 spiro atoms. The molecule has 5 heteroatoms. The van der Waals surface area contributed by atoms with Gasteiger partial charge < -0.3 is 19.1 Å². The second-order valence-electron chi connectivity index (χ2n) is 7.09. The third kappa shape index (κ3) is 5.31. The Kier molecular flexibility index (Phi) is 7.17. The molecular formula is C24H29NO4. The standard InChI is InChI=1S/C24H29NO4/c1-4-5-14-29-22-10-6-18(15-23(22)28-3)7-11-24(26)25-13-12-19-8-9-21(27-2)16-20(19)17-25/h6-11,15-16H,4-5,12-14,17H2,1-3H3/b11-7+. The number of methoxy groups -OCH3 is 2. The second kappa shape index (κ2) is 10.0. The molecule has 0 atom stereocenters. The zero-order valence-corrected chi connectivity index (χ0v) is 17.4. The number of fused-ring (bicyclic) bond motifs is 1. The van der Waals surface area contributed by atoms with Crippen LogP contribution < -0.4 is 14.2 Å². The Morgan fingerprint density at radius 3 is 2.69 bits per heavy atom. The van der Waals surface area contributed by atoms with E-state index in [1.54, 1.807) is 20.3 Å². The highest BCUT2D eigenvalue weighted by Crippen LogP contribution is 2.29. The number of benzene rings is 2. The predicted molar refractivity (Wildman–Crippen MR) is 115 cm³/mol. The lowest BCUT2D eigenvalue weighted by Crippen LogP contribution is -2.34. The summed E-state index contributed by atoms with van der Waals surface area (Å²) in [7, 11) is 3.28. The summed E-state index contributed by atoms with van der Waals surface area (Å²) in [5.41, 5.74) is 3.33. The zero-order chi connectivity index (χ0) is 20.6. The summed E-state index contributed by atoms with van der Waals surface area (Å²) in [6, 6.07) is 11.8. The maximum Gasteiger partial charge on any atom is 0.246 e. The van der Waals surface area contributed by atoms with Crippen molar-refractivity contribution in [2.24, 2.45) is 0 Å². The number of amides is 1. The molecule has 0 radical (unpaired) electrons. The van der Waals surface area contributed by atoms with Crippen molar-refractivity contribution >= 4 is 12.0 Å². The highest BCUT2D eigenvalue weighted by molar-refractivity contribution is 5.92. The molecule has 154 valence electrons. The van der Waals surface area contributed by atoms with Crippen LogP contribution in [-0.2, 0) is 17.8 Å². The van der Waals surface area contributed by atoms with Crippen molar-refractivity contribution in [3.63, 3.8) is 0 Å². The van der Waals surface area contributed by atoms with E-state index in [1.165, 1.54) is 5.56 Å². The summed E-state index contributed by atoms with van der Waals surface area (Å²) in [5.74, 6) is 2.23. The summed E-state index contributed by atoms with van der Waals surface area (Å²) in [6.45, 7) is 4.12. The van der Waals surface area contributed by atoms with E-state index < -0.39 is 0 Å². The van der Waals surface area contributed by atoms with Crippen LogP contribution >= 0.6 is 0 Å². The molecule has 1 heterocycles. The predicted octanol–water partition coefficient (Wildman–Crippen LogP) is 4.48. The fourth-order valence-corrected chi connectivity index (χ4v) is 3.36. The minimum Gasteiger partial charge on any atom is -0.497 e. The van der Waals surface area contributed by atoms with E-state index in [0.717, 1.165) is 48.4 Å². The van der Waals surface area contributed by atoms with Gasteiger partial charge in [0.2, 0.25) is 5.91 Å². The number of nitrogens with zero attached hydrogens (tertiary/aromatic N) is 1. The van der Waals surface area contributed by atoms with Crippen molar-refractivity contribution < 1.29 is 19.0 Å². The Labute approximate surface area is 172 Å². The Hall–Kier alpha value is -2.95. The van der Waals surface area contributed by atoms with Gasteiger partial charge in [0.25, 0.3) is 0 Å². The van der Waals surface area contributed by atoms with Crippen LogP contribution in [0.3, 0.4) is 0 Å². The van der Waals surface area contributed by atoms with Gasteiger partial charge in [-0.1, -0.05) is 25.5 Å². The molecule has 0 bridgehead atoms. The molecule has 0 aromatic heterocycles. The molecule has 3 rings (SSSR count). The molecule has 0 saturated heterocycles. The Morgan fingerprint density at radius 1 is 1.07 bits per heavy atom. The average molecular weight is 395 g/mol. The lowest BCUT2D eigenvalue weighted by molar-refractivity contribution is -0.126. The van der Waals surface area contributed by atoms with Crippen molar-refractivity contribution in [1.29, 1.82) is 0 Å². The minimum absolute atomic E-state index is 0.000657. The van der Waals surface area contributed by atoms with Crippen LogP contribution in [-0.4, -0.2) is 38.2 Å². The van der Waals surface area contributed by atoms with Crippen LogP contribution in [0.2, 0.25) is 0 Å². The average Bonchev–Trinajstić information content (AvgIpc) is 2.77. The molecular weight excluding hydrogens is 366 g/mol. The summed E-state index contributed by atoms with van der Waals surface area (Å²) in [6.07, 6.45) is 6.39. The molecule has 2 aromatic carbocycles. The molecule has 0 fully saturated rings. The van der Waals surface area contributed by atoms with Crippen molar-refractivity contribution in [2.45, 2.75) is 32.7 Å². The van der Waals surface area contributed by atoms with Gasteiger partial charge in [0.05, 0.1) is 20.8 Å². The molecule has 2 aromatic rings. The Morgan fingerprint density at radius 2 is 1.93 bits per heavy atom. The van der Waals surface area contributed by atoms with E-state index in [4.69, 9.17) is 14.2 Å². The molecule has 0 N–H and O–H groups in total. The minimum atomic E-state index is 0.000657. The number of hydrogen-bond donors (Lipinski definition) is 0. The molecule has 1 aliphatic rings. The maximum absolute atomic E-state index is 12.7. The molecule has 5 nitrogen and oxygen atoms in total. The lowest BCUT2D eigenvalue weighted by Gasteiger charge is -2.28. The third-order valence-corrected chi connectivity index (χ3v) is 5.10. The summed E-state index contributed by atoms with van der Waals surface area (Å²) in [5, 5.41) is 0. The van der Waals surface area contributed by atoms with Crippen LogP contribution in [0.1, 0.15) is 36.5 Å². The van der Waals surface area contributed by atoms with E-state index in [-0.39, 0.29) is 5.91 Å². The Bertz CT molecular complexity index is 875. The quantitative estimate of drug-likeness (QED) is 0.488. The number of carbonyl (C=O) groups excluding carboxylic acids is 1. The largest absolute Gasteiger partial charge is 0.497 e. The first kappa shape index (κ1) is 20.8. The molecule has 29 heavy (non-hydrogen) atoms. The van der Waals surface area contributed by atoms with Gasteiger partial charge in [-0.3, -0.25) is 4.79 Å². The van der Waals surface area contributed by atoms with Crippen LogP contribution in [0.25, 0.3) is 6.08 Å². The third-order valence-electron chi connectivity index (χ3n) is 5.10. The van der Waals surface area contributed by atoms with Crippen molar-refractivity contribution in [3.05, 3.63) is 59.2 Å². The maximum atomic E-state index is 12.7. The van der Waals surface area contributed by atoms with Crippen LogP contribution in [0.15, 0.2) is 42.5 Å². The summed E-state index contributed by atoms with van der Waals surface area (Å²) < 4.78 is 16.5. The van der Waals surface area contributed by atoms with Gasteiger partial charge in [-0.25, -0.2) is 0 Å². The fraction of sp³-hybridized carbons (Fsp3) is 0.375. The Balaban J connectivity index is 1.65. The van der Waals surface area contributed by atoms with Crippen LogP contribution in [0.4, 0.5) is 0 Å². The van der Waals surface area contributed by atoms with Gasteiger partial charge in [-0.15, -0.1) is 0 Å². The first-order valence-electron chi connectivity index (χ1n) is 10.1. The van der Waals surface area contributed by atoms with Crippen molar-refractivity contribution in [2.75, 3.05) is 27.4 Å². The first-order chi connectivity index (χ1) is 14.1. The van der Waals surface area contributed by atoms with E-state index in [2.05, 4.69) is 13.0 Å². The lowest BCUT2D eigenvalue weighted by atomic mass is 9.99. The van der Waals surface area contributed by atoms with Gasteiger partial charge in [-0.05, 0) is 59.9 Å². The molecule has 1 amide bonds. The van der Waals surface area contributed by atoms with E-state index in [1.807, 2.05) is 41.3 Å². The smallest absolute Gasteiger partial charge is 0.246 e. The summed E-state index contributed by atoms with van der Waals surface area (Å²) >= 11 is 0. The summed E-state index contributed by atoms with van der Waals surface area (Å²) in [4.78, 5) is 14.5. The van der Waals surface area contributed by atoms with Gasteiger partial charge in [0.1, 0.15) is 5.75 Å². The van der Waals surface area contributed by atoms with Gasteiger partial charge in [-0.2, -0.15) is 0 Å². The van der Waals surface area contributed by atoms with Gasteiger partial charge >= 0.3 is 0 Å². The van der Waals surface area contributed by atoms with Crippen LogP contribution in [0, 0.1) is 0 Å². The van der Waals surface area contributed by atoms with Gasteiger partial charge in [0.15, 0.2) is 11.5 Å².